The number of H-pyrrole nitrogens is 1. The van der Waals surface area contributed by atoms with Crippen LogP contribution in [0.4, 0.5) is 0 Å². The van der Waals surface area contributed by atoms with Gasteiger partial charge in [0, 0.05) is 36.4 Å². The zero-order valence-electron chi connectivity index (χ0n) is 21.9. The van der Waals surface area contributed by atoms with E-state index in [-0.39, 0.29) is 19.3 Å². The van der Waals surface area contributed by atoms with Gasteiger partial charge in [-0.05, 0) is 30.5 Å². The van der Waals surface area contributed by atoms with E-state index in [9.17, 15) is 34.2 Å². The number of nitrogens with two attached hydrogens (primary N) is 1. The fourth-order valence-corrected chi connectivity index (χ4v) is 4.16. The van der Waals surface area contributed by atoms with Crippen molar-refractivity contribution in [3.8, 4) is 0 Å². The number of carboxylic acids is 2. The minimum Gasteiger partial charge on any atom is -0.481 e. The van der Waals surface area contributed by atoms with Crippen LogP contribution in [0.3, 0.4) is 0 Å². The van der Waals surface area contributed by atoms with E-state index in [4.69, 9.17) is 5.73 Å². The SMILES string of the molecule is CC(N)C(=O)NC(Cc1c[nH]c2ccccc12)C(=O)NC(CCC(=O)O)C(=O)NC(Cc1ccccc1)C(=O)O. The van der Waals surface area contributed by atoms with Gasteiger partial charge in [-0.2, -0.15) is 0 Å². The first-order valence-electron chi connectivity index (χ1n) is 12.8. The van der Waals surface area contributed by atoms with Gasteiger partial charge in [0.1, 0.15) is 18.1 Å². The number of aromatic amines is 1. The van der Waals surface area contributed by atoms with E-state index in [2.05, 4.69) is 20.9 Å². The number of aromatic nitrogens is 1. The Morgan fingerprint density at radius 1 is 0.800 bits per heavy atom. The van der Waals surface area contributed by atoms with Crippen LogP contribution in [-0.2, 0) is 36.8 Å². The third kappa shape index (κ3) is 8.40. The molecule has 0 saturated heterocycles. The predicted molar refractivity (Wildman–Crippen MR) is 146 cm³/mol. The maximum Gasteiger partial charge on any atom is 0.326 e. The monoisotopic (exact) mass is 551 g/mol. The molecule has 3 amide bonds. The van der Waals surface area contributed by atoms with Gasteiger partial charge in [-0.1, -0.05) is 48.5 Å². The Kier molecular flexibility index (Phi) is 10.4. The lowest BCUT2D eigenvalue weighted by Gasteiger charge is -2.25. The van der Waals surface area contributed by atoms with Crippen LogP contribution < -0.4 is 21.7 Å². The number of rotatable bonds is 14. The molecule has 0 bridgehead atoms. The van der Waals surface area contributed by atoms with Gasteiger partial charge < -0.3 is 36.9 Å². The van der Waals surface area contributed by atoms with Gasteiger partial charge in [0.25, 0.3) is 0 Å². The minimum atomic E-state index is -1.38. The first-order chi connectivity index (χ1) is 19.0. The van der Waals surface area contributed by atoms with Crippen molar-refractivity contribution in [3.63, 3.8) is 0 Å². The standard InChI is InChI=1S/C28H33N5O7/c1-16(29)25(36)32-22(14-18-15-30-20-10-6-5-9-19(18)20)27(38)31-21(11-12-24(34)35)26(37)33-23(28(39)40)13-17-7-3-2-4-8-17/h2-10,15-16,21-23,30H,11-14,29H2,1H3,(H,31,38)(H,32,36)(H,33,37)(H,34,35)(H,39,40). The molecule has 0 spiro atoms. The number of nitrogens with one attached hydrogen (secondary N) is 4. The molecule has 40 heavy (non-hydrogen) atoms. The number of fused-ring (bicyclic) bond motifs is 1. The molecular weight excluding hydrogens is 518 g/mol. The second-order valence-corrected chi connectivity index (χ2v) is 9.50. The lowest BCUT2D eigenvalue weighted by atomic mass is 10.0. The Hall–Kier alpha value is -4.71. The van der Waals surface area contributed by atoms with Crippen LogP contribution in [0.1, 0.15) is 30.9 Å². The number of carbonyl (C=O) groups excluding carboxylic acids is 3. The summed E-state index contributed by atoms with van der Waals surface area (Å²) in [4.78, 5) is 65.2. The molecule has 0 aliphatic heterocycles. The second-order valence-electron chi connectivity index (χ2n) is 9.50. The van der Waals surface area contributed by atoms with Gasteiger partial charge in [-0.25, -0.2) is 4.79 Å². The average Bonchev–Trinajstić information content (AvgIpc) is 3.33. The highest BCUT2D eigenvalue weighted by Gasteiger charge is 2.31. The van der Waals surface area contributed by atoms with Crippen molar-refractivity contribution < 1.29 is 34.2 Å². The predicted octanol–water partition coefficient (Wildman–Crippen LogP) is 0.704. The van der Waals surface area contributed by atoms with E-state index in [1.165, 1.54) is 6.92 Å². The molecule has 12 heteroatoms. The number of benzene rings is 2. The number of carboxylic acid groups (broad SMARTS) is 2. The molecule has 0 aliphatic carbocycles. The summed E-state index contributed by atoms with van der Waals surface area (Å²) < 4.78 is 0. The summed E-state index contributed by atoms with van der Waals surface area (Å²) in [5.41, 5.74) is 7.90. The first kappa shape index (κ1) is 29.8. The normalized spacial score (nSPS) is 13.9. The van der Waals surface area contributed by atoms with Gasteiger partial charge in [0.2, 0.25) is 17.7 Å². The Morgan fingerprint density at radius 3 is 2.05 bits per heavy atom. The van der Waals surface area contributed by atoms with Gasteiger partial charge in [-0.3, -0.25) is 19.2 Å². The molecule has 0 aliphatic rings. The second kappa shape index (κ2) is 13.9. The van der Waals surface area contributed by atoms with Crippen LogP contribution in [0.2, 0.25) is 0 Å². The van der Waals surface area contributed by atoms with Gasteiger partial charge >= 0.3 is 11.9 Å². The Labute approximate surface area is 230 Å². The fraction of sp³-hybridized carbons (Fsp3) is 0.321. The highest BCUT2D eigenvalue weighted by molar-refractivity contribution is 5.95. The zero-order valence-corrected chi connectivity index (χ0v) is 21.9. The lowest BCUT2D eigenvalue weighted by Crippen LogP contribution is -2.57. The summed E-state index contributed by atoms with van der Waals surface area (Å²) in [7, 11) is 0. The van der Waals surface area contributed by atoms with Crippen molar-refractivity contribution in [2.45, 2.75) is 56.8 Å². The van der Waals surface area contributed by atoms with Crippen molar-refractivity contribution in [1.29, 1.82) is 0 Å². The van der Waals surface area contributed by atoms with E-state index < -0.39 is 60.2 Å². The maximum absolute atomic E-state index is 13.4. The molecule has 1 aromatic heterocycles. The molecule has 3 rings (SSSR count). The number of hydrogen-bond donors (Lipinski definition) is 7. The quantitative estimate of drug-likeness (QED) is 0.152. The van der Waals surface area contributed by atoms with E-state index >= 15 is 0 Å². The fourth-order valence-electron chi connectivity index (χ4n) is 4.16. The van der Waals surface area contributed by atoms with Crippen LogP contribution in [0.15, 0.2) is 60.8 Å². The minimum absolute atomic E-state index is 0.0187. The number of hydrogen-bond acceptors (Lipinski definition) is 6. The number of amides is 3. The van der Waals surface area contributed by atoms with E-state index in [1.54, 1.807) is 36.5 Å². The number of para-hydroxylation sites is 1. The summed E-state index contributed by atoms with van der Waals surface area (Å²) in [5, 5.41) is 27.2. The van der Waals surface area contributed by atoms with Crippen molar-refractivity contribution in [2.24, 2.45) is 5.73 Å². The van der Waals surface area contributed by atoms with Crippen molar-refractivity contribution in [3.05, 3.63) is 71.9 Å². The smallest absolute Gasteiger partial charge is 0.326 e. The van der Waals surface area contributed by atoms with E-state index in [1.807, 2.05) is 24.3 Å². The molecular formula is C28H33N5O7. The van der Waals surface area contributed by atoms with Crippen molar-refractivity contribution in [2.75, 3.05) is 0 Å². The van der Waals surface area contributed by atoms with Gasteiger partial charge in [0.05, 0.1) is 6.04 Å². The molecule has 0 fully saturated rings. The molecule has 8 N–H and O–H groups in total. The molecule has 212 valence electrons. The highest BCUT2D eigenvalue weighted by Crippen LogP contribution is 2.19. The van der Waals surface area contributed by atoms with Crippen LogP contribution in [0.25, 0.3) is 10.9 Å². The molecule has 1 heterocycles. The molecule has 0 saturated carbocycles. The van der Waals surface area contributed by atoms with E-state index in [0.29, 0.717) is 5.56 Å². The summed E-state index contributed by atoms with van der Waals surface area (Å²) in [6.07, 6.45) is 0.973. The maximum atomic E-state index is 13.4. The molecule has 2 aromatic carbocycles. The zero-order chi connectivity index (χ0) is 29.2. The summed E-state index contributed by atoms with van der Waals surface area (Å²) in [6, 6.07) is 11.3. The van der Waals surface area contributed by atoms with Gasteiger partial charge in [0.15, 0.2) is 0 Å². The summed E-state index contributed by atoms with van der Waals surface area (Å²) >= 11 is 0. The Bertz CT molecular complexity index is 1360. The molecule has 0 radical (unpaired) electrons. The van der Waals surface area contributed by atoms with Crippen LogP contribution >= 0.6 is 0 Å². The largest absolute Gasteiger partial charge is 0.481 e. The molecule has 4 atom stereocenters. The third-order valence-electron chi connectivity index (χ3n) is 6.32. The first-order valence-corrected chi connectivity index (χ1v) is 12.8. The highest BCUT2D eigenvalue weighted by atomic mass is 16.4. The van der Waals surface area contributed by atoms with Crippen LogP contribution in [0.5, 0.6) is 0 Å². The molecule has 3 aromatic rings. The van der Waals surface area contributed by atoms with Crippen molar-refractivity contribution in [1.82, 2.24) is 20.9 Å². The Morgan fingerprint density at radius 2 is 1.40 bits per heavy atom. The number of aliphatic carboxylic acids is 2. The topological polar surface area (TPSA) is 204 Å². The number of carbonyl (C=O) groups is 5. The average molecular weight is 552 g/mol. The van der Waals surface area contributed by atoms with Crippen LogP contribution in [0, 0.1) is 0 Å². The van der Waals surface area contributed by atoms with Gasteiger partial charge in [-0.15, -0.1) is 0 Å². The Balaban J connectivity index is 1.81. The molecule has 12 nitrogen and oxygen atoms in total. The van der Waals surface area contributed by atoms with Crippen LogP contribution in [-0.4, -0.2) is 69.0 Å². The third-order valence-corrected chi connectivity index (χ3v) is 6.32. The molecule has 4 unspecified atom stereocenters. The summed E-state index contributed by atoms with van der Waals surface area (Å²) in [6.45, 7) is 1.46. The van der Waals surface area contributed by atoms with Crippen molar-refractivity contribution >= 4 is 40.6 Å². The summed E-state index contributed by atoms with van der Waals surface area (Å²) in [5.74, 6) is -4.70. The van der Waals surface area contributed by atoms with E-state index in [0.717, 1.165) is 16.5 Å². The lowest BCUT2D eigenvalue weighted by molar-refractivity contribution is -0.143.